The van der Waals surface area contributed by atoms with Crippen LogP contribution in [-0.4, -0.2) is 10.9 Å². The van der Waals surface area contributed by atoms with E-state index in [-0.39, 0.29) is 0 Å². The maximum atomic E-state index is 6.11. The largest absolute Gasteiger partial charge is 0.490 e. The van der Waals surface area contributed by atoms with Gasteiger partial charge in [0.15, 0.2) is 0 Å². The minimum absolute atomic E-state index is 0.401. The zero-order valence-electron chi connectivity index (χ0n) is 11.6. The predicted octanol–water partition coefficient (Wildman–Crippen LogP) is 4.97. The van der Waals surface area contributed by atoms with E-state index in [2.05, 4.69) is 47.1 Å². The highest BCUT2D eigenvalue weighted by atomic mass is 79.9. The Labute approximate surface area is 124 Å². The van der Waals surface area contributed by atoms with Crippen molar-refractivity contribution >= 4 is 15.9 Å². The summed E-state index contributed by atoms with van der Waals surface area (Å²) < 4.78 is 6.11. The lowest BCUT2D eigenvalue weighted by Gasteiger charge is -2.34. The molecule has 2 heteroatoms. The molecule has 1 aliphatic heterocycles. The number of ether oxygens (including phenoxy) is 1. The fourth-order valence-corrected chi connectivity index (χ4v) is 4.36. The topological polar surface area (TPSA) is 9.23 Å². The number of halogens is 1. The Morgan fingerprint density at radius 3 is 2.89 bits per heavy atom. The van der Waals surface area contributed by atoms with Gasteiger partial charge in [-0.05, 0) is 49.1 Å². The van der Waals surface area contributed by atoms with Crippen LogP contribution >= 0.6 is 15.9 Å². The summed E-state index contributed by atoms with van der Waals surface area (Å²) in [6.07, 6.45) is 8.16. The molecular weight excluding hydrogens is 300 g/mol. The summed E-state index contributed by atoms with van der Waals surface area (Å²) in [5.74, 6) is 2.84. The molecule has 1 saturated carbocycles. The molecule has 4 unspecified atom stereocenters. The van der Waals surface area contributed by atoms with Gasteiger partial charge in [0.25, 0.3) is 0 Å². The fourth-order valence-electron chi connectivity index (χ4n) is 3.66. The molecule has 1 aromatic carbocycles. The summed E-state index contributed by atoms with van der Waals surface area (Å²) in [5.41, 5.74) is 1.39. The molecule has 19 heavy (non-hydrogen) atoms. The molecule has 0 N–H and O–H groups in total. The number of fused-ring (bicyclic) bond motifs is 1. The van der Waals surface area contributed by atoms with Crippen molar-refractivity contribution in [1.29, 1.82) is 0 Å². The monoisotopic (exact) mass is 322 g/mol. The van der Waals surface area contributed by atoms with E-state index in [1.165, 1.54) is 37.7 Å². The molecule has 1 nitrogen and oxygen atoms in total. The van der Waals surface area contributed by atoms with Gasteiger partial charge in [-0.2, -0.15) is 0 Å². The highest BCUT2D eigenvalue weighted by molar-refractivity contribution is 9.09. The number of hydrogen-bond acceptors (Lipinski definition) is 1. The molecule has 0 bridgehead atoms. The van der Waals surface area contributed by atoms with Crippen LogP contribution < -0.4 is 4.74 Å². The van der Waals surface area contributed by atoms with E-state index in [1.807, 2.05) is 0 Å². The first kappa shape index (κ1) is 13.5. The second-order valence-corrected chi connectivity index (χ2v) is 7.33. The number of hydrogen-bond donors (Lipinski definition) is 0. The summed E-state index contributed by atoms with van der Waals surface area (Å²) >= 11 is 3.90. The standard InChI is InChI=1S/C17H23BrO/c1-2-12-7-8-16(18)14(9-12)11-15-10-13-5-3-4-6-17(13)19-15/h3-6,12,14-16H,2,7-11H2,1H3. The average molecular weight is 323 g/mol. The maximum absolute atomic E-state index is 6.11. The molecular formula is C17H23BrO. The first-order valence-electron chi connectivity index (χ1n) is 7.65. The minimum atomic E-state index is 0.401. The van der Waals surface area contributed by atoms with E-state index in [4.69, 9.17) is 4.74 Å². The molecule has 3 rings (SSSR count). The Bertz CT molecular complexity index is 406. The van der Waals surface area contributed by atoms with Crippen LogP contribution in [0.1, 0.15) is 44.6 Å². The van der Waals surface area contributed by atoms with Crippen LogP contribution in [-0.2, 0) is 6.42 Å². The first-order valence-corrected chi connectivity index (χ1v) is 8.56. The van der Waals surface area contributed by atoms with Crippen molar-refractivity contribution in [1.82, 2.24) is 0 Å². The zero-order chi connectivity index (χ0) is 13.2. The summed E-state index contributed by atoms with van der Waals surface area (Å²) in [7, 11) is 0. The smallest absolute Gasteiger partial charge is 0.123 e. The van der Waals surface area contributed by atoms with Crippen molar-refractivity contribution in [3.8, 4) is 5.75 Å². The molecule has 0 spiro atoms. The van der Waals surface area contributed by atoms with Crippen LogP contribution in [0.25, 0.3) is 0 Å². The normalized spacial score (nSPS) is 33.8. The SMILES string of the molecule is CCC1CCC(Br)C(CC2Cc3ccccc3O2)C1. The Kier molecular flexibility index (Phi) is 4.16. The first-order chi connectivity index (χ1) is 9.26. The summed E-state index contributed by atoms with van der Waals surface area (Å²) in [5, 5.41) is 0. The quantitative estimate of drug-likeness (QED) is 0.714. The molecule has 0 radical (unpaired) electrons. The van der Waals surface area contributed by atoms with E-state index in [1.54, 1.807) is 0 Å². The summed E-state index contributed by atoms with van der Waals surface area (Å²) in [4.78, 5) is 0.697. The highest BCUT2D eigenvalue weighted by Gasteiger charge is 2.32. The molecule has 0 amide bonds. The zero-order valence-corrected chi connectivity index (χ0v) is 13.2. The van der Waals surface area contributed by atoms with Crippen molar-refractivity contribution in [2.75, 3.05) is 0 Å². The second kappa shape index (κ2) is 5.87. The van der Waals surface area contributed by atoms with Gasteiger partial charge in [-0.15, -0.1) is 0 Å². The van der Waals surface area contributed by atoms with Crippen molar-refractivity contribution in [3.05, 3.63) is 29.8 Å². The minimum Gasteiger partial charge on any atom is -0.490 e. The van der Waals surface area contributed by atoms with E-state index in [9.17, 15) is 0 Å². The second-order valence-electron chi connectivity index (χ2n) is 6.15. The van der Waals surface area contributed by atoms with Crippen molar-refractivity contribution in [2.45, 2.75) is 56.4 Å². The van der Waals surface area contributed by atoms with Gasteiger partial charge in [0.1, 0.15) is 11.9 Å². The average Bonchev–Trinajstić information content (AvgIpc) is 2.83. The van der Waals surface area contributed by atoms with Gasteiger partial charge in [0.2, 0.25) is 0 Å². The molecule has 0 saturated heterocycles. The molecule has 0 aromatic heterocycles. The highest BCUT2D eigenvalue weighted by Crippen LogP contribution is 2.40. The number of benzene rings is 1. The Morgan fingerprint density at radius 1 is 1.26 bits per heavy atom. The molecule has 1 fully saturated rings. The number of alkyl halides is 1. The van der Waals surface area contributed by atoms with Gasteiger partial charge in [0.05, 0.1) is 0 Å². The van der Waals surface area contributed by atoms with Gasteiger partial charge < -0.3 is 4.74 Å². The van der Waals surface area contributed by atoms with E-state index in [0.717, 1.165) is 24.0 Å². The maximum Gasteiger partial charge on any atom is 0.123 e. The van der Waals surface area contributed by atoms with Crippen LogP contribution in [0, 0.1) is 11.8 Å². The van der Waals surface area contributed by atoms with Crippen molar-refractivity contribution in [3.63, 3.8) is 0 Å². The van der Waals surface area contributed by atoms with E-state index >= 15 is 0 Å². The van der Waals surface area contributed by atoms with Gasteiger partial charge >= 0.3 is 0 Å². The molecule has 104 valence electrons. The molecule has 2 aliphatic rings. The summed E-state index contributed by atoms with van der Waals surface area (Å²) in [6.45, 7) is 2.33. The van der Waals surface area contributed by atoms with Crippen molar-refractivity contribution < 1.29 is 4.74 Å². The lowest BCUT2D eigenvalue weighted by atomic mass is 9.77. The van der Waals surface area contributed by atoms with Crippen LogP contribution in [0.3, 0.4) is 0 Å². The molecule has 1 aromatic rings. The molecule has 1 heterocycles. The number of rotatable bonds is 3. The van der Waals surface area contributed by atoms with Crippen molar-refractivity contribution in [2.24, 2.45) is 11.8 Å². The predicted molar refractivity (Wildman–Crippen MR) is 83.0 cm³/mol. The van der Waals surface area contributed by atoms with Gasteiger partial charge in [-0.3, -0.25) is 0 Å². The van der Waals surface area contributed by atoms with E-state index < -0.39 is 0 Å². The van der Waals surface area contributed by atoms with Crippen LogP contribution in [0.15, 0.2) is 24.3 Å². The van der Waals surface area contributed by atoms with Gasteiger partial charge in [-0.25, -0.2) is 0 Å². The van der Waals surface area contributed by atoms with Crippen LogP contribution in [0.5, 0.6) is 5.75 Å². The lowest BCUT2D eigenvalue weighted by molar-refractivity contribution is 0.161. The van der Waals surface area contributed by atoms with Gasteiger partial charge in [-0.1, -0.05) is 47.5 Å². The Balaban J connectivity index is 1.60. The van der Waals surface area contributed by atoms with Crippen LogP contribution in [0.2, 0.25) is 0 Å². The lowest BCUT2D eigenvalue weighted by Crippen LogP contribution is -2.29. The molecule has 4 atom stereocenters. The summed E-state index contributed by atoms with van der Waals surface area (Å²) in [6, 6.07) is 8.50. The molecule has 1 aliphatic carbocycles. The Morgan fingerprint density at radius 2 is 2.11 bits per heavy atom. The number of para-hydroxylation sites is 1. The fraction of sp³-hybridized carbons (Fsp3) is 0.647. The van der Waals surface area contributed by atoms with Crippen LogP contribution in [0.4, 0.5) is 0 Å². The third-order valence-corrected chi connectivity index (χ3v) is 6.06. The van der Waals surface area contributed by atoms with Gasteiger partial charge in [0, 0.05) is 11.2 Å². The third kappa shape index (κ3) is 2.99. The van der Waals surface area contributed by atoms with E-state index in [0.29, 0.717) is 10.9 Å². The third-order valence-electron chi connectivity index (χ3n) is 4.86. The Hall–Kier alpha value is -0.500.